The average Bonchev–Trinajstić information content (AvgIpc) is 2.52. The molecule has 2 aromatic rings. The maximum absolute atomic E-state index is 12.7. The number of hydrogen-bond acceptors (Lipinski definition) is 4. The zero-order valence-electron chi connectivity index (χ0n) is 13.0. The Morgan fingerprint density at radius 2 is 2.08 bits per heavy atom. The van der Waals surface area contributed by atoms with Gasteiger partial charge in [0.1, 0.15) is 11.4 Å². The standard InChI is InChI=1S/C16H14BrClF2N2O3/c1-2-11(15-10(18)4-3-5-14(15)25-16(19)20)21-12-8-9(17)6-7-13(12)22(23)24/h3-8,11,16,21H,2H2,1H3/t11-/m1/s1. The topological polar surface area (TPSA) is 64.4 Å². The normalized spacial score (nSPS) is 12.1. The molecule has 0 radical (unpaired) electrons. The van der Waals surface area contributed by atoms with E-state index in [0.717, 1.165) is 0 Å². The van der Waals surface area contributed by atoms with Gasteiger partial charge in [-0.3, -0.25) is 10.1 Å². The second-order valence-electron chi connectivity index (χ2n) is 5.05. The van der Waals surface area contributed by atoms with E-state index in [9.17, 15) is 18.9 Å². The molecule has 0 heterocycles. The van der Waals surface area contributed by atoms with Gasteiger partial charge in [-0.25, -0.2) is 0 Å². The minimum absolute atomic E-state index is 0.0699. The molecule has 0 aliphatic carbocycles. The molecule has 2 aromatic carbocycles. The SMILES string of the molecule is CC[C@@H](Nc1cc(Br)ccc1[N+](=O)[O-])c1c(Cl)cccc1OC(F)F. The molecule has 1 N–H and O–H groups in total. The van der Waals surface area contributed by atoms with Crippen molar-refractivity contribution in [3.8, 4) is 5.75 Å². The van der Waals surface area contributed by atoms with Crippen molar-refractivity contribution in [3.63, 3.8) is 0 Å². The van der Waals surface area contributed by atoms with Crippen LogP contribution in [0.5, 0.6) is 5.75 Å². The summed E-state index contributed by atoms with van der Waals surface area (Å²) in [6.45, 7) is -1.20. The Balaban J connectivity index is 2.46. The van der Waals surface area contributed by atoms with Crippen molar-refractivity contribution >= 4 is 38.9 Å². The van der Waals surface area contributed by atoms with Crippen molar-refractivity contribution in [1.29, 1.82) is 0 Å². The fourth-order valence-corrected chi connectivity index (χ4v) is 3.06. The highest BCUT2D eigenvalue weighted by atomic mass is 79.9. The van der Waals surface area contributed by atoms with Crippen LogP contribution < -0.4 is 10.1 Å². The van der Waals surface area contributed by atoms with Gasteiger partial charge < -0.3 is 10.1 Å². The summed E-state index contributed by atoms with van der Waals surface area (Å²) in [4.78, 5) is 10.7. The fraction of sp³-hybridized carbons (Fsp3) is 0.250. The van der Waals surface area contributed by atoms with Crippen LogP contribution in [-0.4, -0.2) is 11.5 Å². The number of nitrogens with zero attached hydrogens (tertiary/aromatic N) is 1. The maximum atomic E-state index is 12.7. The third-order valence-corrected chi connectivity index (χ3v) is 4.29. The molecule has 0 spiro atoms. The first kappa shape index (κ1) is 19.4. The molecule has 0 amide bonds. The first-order valence-electron chi connectivity index (χ1n) is 7.27. The van der Waals surface area contributed by atoms with Crippen molar-refractivity contribution in [2.24, 2.45) is 0 Å². The number of nitro groups is 1. The van der Waals surface area contributed by atoms with Crippen molar-refractivity contribution in [1.82, 2.24) is 0 Å². The van der Waals surface area contributed by atoms with Crippen LogP contribution in [0, 0.1) is 10.1 Å². The first-order valence-corrected chi connectivity index (χ1v) is 8.44. The molecular weight excluding hydrogens is 422 g/mol. The molecule has 0 fully saturated rings. The van der Waals surface area contributed by atoms with Crippen LogP contribution >= 0.6 is 27.5 Å². The Hall–Kier alpha value is -1.93. The highest BCUT2D eigenvalue weighted by molar-refractivity contribution is 9.10. The van der Waals surface area contributed by atoms with E-state index < -0.39 is 17.6 Å². The van der Waals surface area contributed by atoms with Crippen LogP contribution in [0.4, 0.5) is 20.2 Å². The second-order valence-corrected chi connectivity index (χ2v) is 6.38. The van der Waals surface area contributed by atoms with Gasteiger partial charge in [0, 0.05) is 21.1 Å². The smallest absolute Gasteiger partial charge is 0.387 e. The molecule has 9 heteroatoms. The largest absolute Gasteiger partial charge is 0.434 e. The summed E-state index contributed by atoms with van der Waals surface area (Å²) in [6.07, 6.45) is 0.437. The number of rotatable bonds is 7. The molecule has 0 saturated carbocycles. The zero-order chi connectivity index (χ0) is 18.6. The second kappa shape index (κ2) is 8.44. The molecule has 25 heavy (non-hydrogen) atoms. The van der Waals surface area contributed by atoms with Crippen molar-refractivity contribution in [2.45, 2.75) is 26.0 Å². The predicted octanol–water partition coefficient (Wildman–Crippen LogP) is 6.18. The third-order valence-electron chi connectivity index (χ3n) is 3.47. The lowest BCUT2D eigenvalue weighted by Gasteiger charge is -2.22. The summed E-state index contributed by atoms with van der Waals surface area (Å²) in [7, 11) is 0. The molecule has 0 aliphatic rings. The van der Waals surface area contributed by atoms with Gasteiger partial charge in [-0.05, 0) is 30.7 Å². The van der Waals surface area contributed by atoms with Gasteiger partial charge >= 0.3 is 6.61 Å². The van der Waals surface area contributed by atoms with Gasteiger partial charge in [-0.1, -0.05) is 40.5 Å². The van der Waals surface area contributed by atoms with Crippen LogP contribution in [0.1, 0.15) is 24.9 Å². The Labute approximate surface area is 156 Å². The highest BCUT2D eigenvalue weighted by Gasteiger charge is 2.23. The van der Waals surface area contributed by atoms with E-state index >= 15 is 0 Å². The van der Waals surface area contributed by atoms with Crippen LogP contribution in [0.15, 0.2) is 40.9 Å². The monoisotopic (exact) mass is 434 g/mol. The van der Waals surface area contributed by atoms with E-state index in [-0.39, 0.29) is 22.1 Å². The van der Waals surface area contributed by atoms with Crippen LogP contribution in [-0.2, 0) is 0 Å². The summed E-state index contributed by atoms with van der Waals surface area (Å²) in [5.41, 5.74) is 0.431. The molecule has 1 atom stereocenters. The van der Waals surface area contributed by atoms with Crippen molar-refractivity contribution < 1.29 is 18.4 Å². The lowest BCUT2D eigenvalue weighted by molar-refractivity contribution is -0.384. The number of hydrogen-bond donors (Lipinski definition) is 1. The number of benzene rings is 2. The number of alkyl halides is 2. The molecule has 2 rings (SSSR count). The summed E-state index contributed by atoms with van der Waals surface area (Å²) in [6, 6.07) is 8.31. The number of anilines is 1. The number of nitro benzene ring substituents is 1. The van der Waals surface area contributed by atoms with E-state index in [0.29, 0.717) is 16.5 Å². The summed E-state index contributed by atoms with van der Waals surface area (Å²) in [5.74, 6) is -0.0699. The van der Waals surface area contributed by atoms with E-state index in [2.05, 4.69) is 26.0 Å². The minimum Gasteiger partial charge on any atom is -0.434 e. The van der Waals surface area contributed by atoms with Gasteiger partial charge in [-0.2, -0.15) is 8.78 Å². The van der Waals surface area contributed by atoms with E-state index in [1.807, 2.05) is 0 Å². The molecule has 0 aromatic heterocycles. The highest BCUT2D eigenvalue weighted by Crippen LogP contribution is 2.38. The van der Waals surface area contributed by atoms with Gasteiger partial charge in [0.05, 0.1) is 11.0 Å². The molecule has 5 nitrogen and oxygen atoms in total. The summed E-state index contributed by atoms with van der Waals surface area (Å²) >= 11 is 9.44. The Kier molecular flexibility index (Phi) is 6.55. The quantitative estimate of drug-likeness (QED) is 0.417. The number of ether oxygens (including phenoxy) is 1. The number of halogens is 4. The summed E-state index contributed by atoms with van der Waals surface area (Å²) in [5, 5.41) is 14.5. The summed E-state index contributed by atoms with van der Waals surface area (Å²) < 4.78 is 30.5. The molecule has 0 unspecified atom stereocenters. The van der Waals surface area contributed by atoms with Crippen LogP contribution in [0.2, 0.25) is 5.02 Å². The van der Waals surface area contributed by atoms with Gasteiger partial charge in [0.2, 0.25) is 0 Å². The average molecular weight is 436 g/mol. The van der Waals surface area contributed by atoms with Crippen LogP contribution in [0.3, 0.4) is 0 Å². The van der Waals surface area contributed by atoms with Gasteiger partial charge in [0.15, 0.2) is 0 Å². The lowest BCUT2D eigenvalue weighted by atomic mass is 10.0. The Morgan fingerprint density at radius 3 is 2.68 bits per heavy atom. The van der Waals surface area contributed by atoms with Gasteiger partial charge in [-0.15, -0.1) is 0 Å². The van der Waals surface area contributed by atoms with E-state index in [4.69, 9.17) is 11.6 Å². The predicted molar refractivity (Wildman–Crippen MR) is 95.5 cm³/mol. The minimum atomic E-state index is -3.00. The fourth-order valence-electron chi connectivity index (χ4n) is 2.40. The van der Waals surface area contributed by atoms with Crippen molar-refractivity contribution in [3.05, 3.63) is 61.6 Å². The third kappa shape index (κ3) is 4.79. The van der Waals surface area contributed by atoms with E-state index in [1.54, 1.807) is 25.1 Å². The number of nitrogens with one attached hydrogen (secondary N) is 1. The van der Waals surface area contributed by atoms with Crippen molar-refractivity contribution in [2.75, 3.05) is 5.32 Å². The molecule has 0 saturated heterocycles. The van der Waals surface area contributed by atoms with E-state index in [1.165, 1.54) is 18.2 Å². The molecular formula is C16H14BrClF2N2O3. The molecule has 134 valence electrons. The van der Waals surface area contributed by atoms with Gasteiger partial charge in [0.25, 0.3) is 5.69 Å². The first-order chi connectivity index (χ1) is 11.8. The zero-order valence-corrected chi connectivity index (χ0v) is 15.4. The maximum Gasteiger partial charge on any atom is 0.387 e. The Bertz CT molecular complexity index is 777. The Morgan fingerprint density at radius 1 is 1.36 bits per heavy atom. The van der Waals surface area contributed by atoms with Crippen LogP contribution in [0.25, 0.3) is 0 Å². The molecule has 0 bridgehead atoms. The molecule has 0 aliphatic heterocycles. The lowest BCUT2D eigenvalue weighted by Crippen LogP contribution is -2.14.